The lowest BCUT2D eigenvalue weighted by Crippen LogP contribution is -2.39. The number of hydrogen-bond acceptors (Lipinski definition) is 3. The Morgan fingerprint density at radius 2 is 1.67 bits per heavy atom. The van der Waals surface area contributed by atoms with Crippen molar-refractivity contribution >= 4 is 5.97 Å². The molecule has 1 heterocycles. The van der Waals surface area contributed by atoms with Gasteiger partial charge in [-0.1, -0.05) is 72.8 Å². The highest BCUT2D eigenvalue weighted by atomic mass is 16.5. The molecule has 1 aliphatic rings. The quantitative estimate of drug-likeness (QED) is 0.590. The molecule has 3 aromatic carbocycles. The average molecular weight is 402 g/mol. The summed E-state index contributed by atoms with van der Waals surface area (Å²) in [6.07, 6.45) is 1.55. The molecule has 0 saturated carbocycles. The Labute approximate surface area is 177 Å². The normalized spacial score (nSPS) is 17.6. The minimum Gasteiger partial charge on any atom is -0.489 e. The van der Waals surface area contributed by atoms with Gasteiger partial charge < -0.3 is 9.84 Å². The van der Waals surface area contributed by atoms with Gasteiger partial charge in [-0.25, -0.2) is 0 Å². The molecule has 3 aromatic rings. The van der Waals surface area contributed by atoms with Gasteiger partial charge in [-0.05, 0) is 42.5 Å². The molecule has 1 N–H and O–H groups in total. The van der Waals surface area contributed by atoms with E-state index in [1.165, 1.54) is 0 Å². The van der Waals surface area contributed by atoms with Crippen LogP contribution in [0.25, 0.3) is 0 Å². The van der Waals surface area contributed by atoms with Crippen molar-refractivity contribution in [1.82, 2.24) is 4.90 Å². The molecule has 0 aromatic heterocycles. The van der Waals surface area contributed by atoms with Crippen LogP contribution in [0.4, 0.5) is 0 Å². The van der Waals surface area contributed by atoms with Gasteiger partial charge in [0.25, 0.3) is 0 Å². The number of carbonyl (C=O) groups is 1. The molecule has 154 valence electrons. The van der Waals surface area contributed by atoms with E-state index < -0.39 is 12.0 Å². The lowest BCUT2D eigenvalue weighted by Gasteiger charge is -2.33. The Hall–Kier alpha value is -3.11. The average Bonchev–Trinajstić information content (AvgIpc) is 3.25. The maximum absolute atomic E-state index is 12.0. The van der Waals surface area contributed by atoms with E-state index in [9.17, 15) is 9.90 Å². The zero-order valence-electron chi connectivity index (χ0n) is 17.2. The highest BCUT2D eigenvalue weighted by molar-refractivity contribution is 5.74. The molecule has 0 bridgehead atoms. The van der Waals surface area contributed by atoms with Crippen LogP contribution in [0, 0.1) is 6.92 Å². The predicted octanol–water partition coefficient (Wildman–Crippen LogP) is 5.21. The molecule has 1 saturated heterocycles. The van der Waals surface area contributed by atoms with Crippen molar-refractivity contribution in [2.24, 2.45) is 0 Å². The fourth-order valence-electron chi connectivity index (χ4n) is 4.35. The summed E-state index contributed by atoms with van der Waals surface area (Å²) in [5, 5.41) is 9.84. The molecule has 2 unspecified atom stereocenters. The van der Waals surface area contributed by atoms with Crippen molar-refractivity contribution in [2.45, 2.75) is 38.5 Å². The summed E-state index contributed by atoms with van der Waals surface area (Å²) in [6, 6.07) is 25.7. The Balaban J connectivity index is 1.74. The highest BCUT2D eigenvalue weighted by Gasteiger charge is 2.38. The van der Waals surface area contributed by atoms with Crippen LogP contribution in [0.1, 0.15) is 41.1 Å². The van der Waals surface area contributed by atoms with E-state index in [0.29, 0.717) is 13.0 Å². The first-order valence-electron chi connectivity index (χ1n) is 10.4. The maximum Gasteiger partial charge on any atom is 0.320 e. The number of carboxylic acids is 1. The van der Waals surface area contributed by atoms with Crippen molar-refractivity contribution in [1.29, 1.82) is 0 Å². The Morgan fingerprint density at radius 1 is 1.00 bits per heavy atom. The van der Waals surface area contributed by atoms with Crippen molar-refractivity contribution in [3.63, 3.8) is 0 Å². The molecule has 1 aliphatic heterocycles. The minimum absolute atomic E-state index is 0.165. The van der Waals surface area contributed by atoms with Crippen molar-refractivity contribution in [3.05, 3.63) is 101 Å². The summed E-state index contributed by atoms with van der Waals surface area (Å²) in [5.41, 5.74) is 4.39. The predicted molar refractivity (Wildman–Crippen MR) is 118 cm³/mol. The number of benzene rings is 3. The smallest absolute Gasteiger partial charge is 0.320 e. The highest BCUT2D eigenvalue weighted by Crippen LogP contribution is 2.40. The van der Waals surface area contributed by atoms with Gasteiger partial charge in [0.15, 0.2) is 0 Å². The molecule has 30 heavy (non-hydrogen) atoms. The van der Waals surface area contributed by atoms with E-state index in [1.54, 1.807) is 0 Å². The number of aliphatic carboxylic acids is 1. The molecule has 4 nitrogen and oxygen atoms in total. The van der Waals surface area contributed by atoms with Crippen LogP contribution in [0.2, 0.25) is 0 Å². The number of hydrogen-bond donors (Lipinski definition) is 1. The van der Waals surface area contributed by atoms with Crippen LogP contribution < -0.4 is 4.74 Å². The van der Waals surface area contributed by atoms with E-state index in [-0.39, 0.29) is 6.04 Å². The summed E-state index contributed by atoms with van der Waals surface area (Å²) >= 11 is 0. The van der Waals surface area contributed by atoms with E-state index in [1.807, 2.05) is 60.7 Å². The lowest BCUT2D eigenvalue weighted by atomic mass is 9.92. The Bertz CT molecular complexity index is 1000. The van der Waals surface area contributed by atoms with Crippen molar-refractivity contribution in [2.75, 3.05) is 6.54 Å². The van der Waals surface area contributed by atoms with Crippen molar-refractivity contribution < 1.29 is 14.6 Å². The Kier molecular flexibility index (Phi) is 6.15. The van der Waals surface area contributed by atoms with Gasteiger partial charge in [-0.2, -0.15) is 0 Å². The first-order chi connectivity index (χ1) is 14.6. The van der Waals surface area contributed by atoms with Gasteiger partial charge in [0.2, 0.25) is 0 Å². The molecule has 0 aliphatic carbocycles. The monoisotopic (exact) mass is 401 g/mol. The Morgan fingerprint density at radius 3 is 2.40 bits per heavy atom. The van der Waals surface area contributed by atoms with E-state index in [0.717, 1.165) is 41.0 Å². The van der Waals surface area contributed by atoms with Gasteiger partial charge in [0.1, 0.15) is 18.4 Å². The summed E-state index contributed by atoms with van der Waals surface area (Å²) in [4.78, 5) is 14.1. The van der Waals surface area contributed by atoms with Crippen LogP contribution in [0.3, 0.4) is 0 Å². The van der Waals surface area contributed by atoms with Crippen LogP contribution in [-0.4, -0.2) is 28.6 Å². The number of para-hydroxylation sites is 1. The standard InChI is InChI=1S/C26H27NO3/c1-19-10-5-6-13-21(19)25(27-17-9-15-23(27)26(28)29)22-14-7-8-16-24(22)30-18-20-11-3-2-4-12-20/h2-8,10-14,16,23,25H,9,15,17-18H2,1H3,(H,28,29). The third kappa shape index (κ3) is 4.24. The molecule has 0 spiro atoms. The molecule has 4 rings (SSSR count). The van der Waals surface area contributed by atoms with Gasteiger partial charge in [-0.15, -0.1) is 0 Å². The fraction of sp³-hybridized carbons (Fsp3) is 0.269. The molecule has 0 amide bonds. The van der Waals surface area contributed by atoms with E-state index in [2.05, 4.69) is 30.0 Å². The first-order valence-corrected chi connectivity index (χ1v) is 10.4. The van der Waals surface area contributed by atoms with Gasteiger partial charge in [0.05, 0.1) is 6.04 Å². The molecule has 4 heteroatoms. The molecule has 0 radical (unpaired) electrons. The van der Waals surface area contributed by atoms with Crippen LogP contribution in [-0.2, 0) is 11.4 Å². The number of rotatable bonds is 7. The van der Waals surface area contributed by atoms with Gasteiger partial charge in [0, 0.05) is 12.1 Å². The third-order valence-electron chi connectivity index (χ3n) is 5.84. The molecule has 1 fully saturated rings. The van der Waals surface area contributed by atoms with Crippen LogP contribution in [0.5, 0.6) is 5.75 Å². The second-order valence-electron chi connectivity index (χ2n) is 7.81. The van der Waals surface area contributed by atoms with Crippen molar-refractivity contribution in [3.8, 4) is 5.75 Å². The number of ether oxygens (including phenoxy) is 1. The number of nitrogens with zero attached hydrogens (tertiary/aromatic N) is 1. The number of carboxylic acid groups (broad SMARTS) is 1. The largest absolute Gasteiger partial charge is 0.489 e. The molecule has 2 atom stereocenters. The summed E-state index contributed by atoms with van der Waals surface area (Å²) < 4.78 is 6.25. The summed E-state index contributed by atoms with van der Waals surface area (Å²) in [6.45, 7) is 3.31. The fourth-order valence-corrected chi connectivity index (χ4v) is 4.35. The second kappa shape index (κ2) is 9.14. The zero-order valence-corrected chi connectivity index (χ0v) is 17.2. The molecular formula is C26H27NO3. The number of likely N-dealkylation sites (tertiary alicyclic amines) is 1. The van der Waals surface area contributed by atoms with E-state index in [4.69, 9.17) is 4.74 Å². The maximum atomic E-state index is 12.0. The van der Waals surface area contributed by atoms with Gasteiger partial charge >= 0.3 is 5.97 Å². The topological polar surface area (TPSA) is 49.8 Å². The zero-order chi connectivity index (χ0) is 20.9. The minimum atomic E-state index is -0.756. The van der Waals surface area contributed by atoms with Crippen LogP contribution in [0.15, 0.2) is 78.9 Å². The summed E-state index contributed by atoms with van der Waals surface area (Å²) in [5.74, 6) is 0.0411. The lowest BCUT2D eigenvalue weighted by molar-refractivity contribution is -0.142. The van der Waals surface area contributed by atoms with Gasteiger partial charge in [-0.3, -0.25) is 9.69 Å². The third-order valence-corrected chi connectivity index (χ3v) is 5.84. The summed E-state index contributed by atoms with van der Waals surface area (Å²) in [7, 11) is 0. The van der Waals surface area contributed by atoms with Crippen LogP contribution >= 0.6 is 0 Å². The van der Waals surface area contributed by atoms with E-state index >= 15 is 0 Å². The first kappa shape index (κ1) is 20.2. The number of aryl methyl sites for hydroxylation is 1. The second-order valence-corrected chi connectivity index (χ2v) is 7.81. The SMILES string of the molecule is Cc1ccccc1C(c1ccccc1OCc1ccccc1)N1CCCC1C(=O)O. The molecular weight excluding hydrogens is 374 g/mol.